The molecule has 2 atom stereocenters. The van der Waals surface area contributed by atoms with Crippen molar-refractivity contribution in [3.8, 4) is 0 Å². The maximum atomic E-state index is 12.1. The van der Waals surface area contributed by atoms with Crippen LogP contribution in [0, 0.1) is 0 Å². The number of nitrogens with zero attached hydrogens (tertiary/aromatic N) is 1. The number of cyclic esters (lactones) is 1. The zero-order valence-electron chi connectivity index (χ0n) is 13.9. The van der Waals surface area contributed by atoms with E-state index in [1.54, 1.807) is 0 Å². The van der Waals surface area contributed by atoms with Crippen LogP contribution in [-0.4, -0.2) is 48.5 Å². The number of rotatable bonds is 5. The summed E-state index contributed by atoms with van der Waals surface area (Å²) in [5.41, 5.74) is 1.85. The van der Waals surface area contributed by atoms with Gasteiger partial charge in [0.25, 0.3) is 5.91 Å². The van der Waals surface area contributed by atoms with E-state index in [4.69, 9.17) is 27.9 Å². The summed E-state index contributed by atoms with van der Waals surface area (Å²) >= 11 is 10.9. The highest BCUT2D eigenvalue weighted by Gasteiger charge is 2.33. The van der Waals surface area contributed by atoms with E-state index in [1.807, 2.05) is 24.3 Å². The molecule has 1 aromatic carbocycles. The number of carbonyl (C=O) groups is 3. The van der Waals surface area contributed by atoms with Crippen LogP contribution in [0.1, 0.15) is 24.3 Å². The van der Waals surface area contributed by atoms with Crippen molar-refractivity contribution in [3.63, 3.8) is 0 Å². The monoisotopic (exact) mass is 399 g/mol. The van der Waals surface area contributed by atoms with E-state index in [9.17, 15) is 14.4 Å². The fourth-order valence-corrected chi connectivity index (χ4v) is 3.23. The van der Waals surface area contributed by atoms with Gasteiger partial charge in [-0.15, -0.1) is 0 Å². The Kier molecular flexibility index (Phi) is 5.88. The second-order valence-corrected chi connectivity index (χ2v) is 7.39. The first kappa shape index (κ1) is 18.8. The highest BCUT2D eigenvalue weighted by Crippen LogP contribution is 2.27. The third kappa shape index (κ3) is 4.40. The molecule has 7 nitrogen and oxygen atoms in total. The first-order valence-corrected chi connectivity index (χ1v) is 9.22. The highest BCUT2D eigenvalue weighted by molar-refractivity contribution is 6.53. The highest BCUT2D eigenvalue weighted by atomic mass is 35.5. The molecule has 0 radical (unpaired) electrons. The van der Waals surface area contributed by atoms with Gasteiger partial charge < -0.3 is 15.4 Å². The molecular formula is C17H19Cl2N3O4. The molecule has 2 heterocycles. The van der Waals surface area contributed by atoms with Gasteiger partial charge in [0, 0.05) is 24.6 Å². The first-order valence-electron chi connectivity index (χ1n) is 8.34. The van der Waals surface area contributed by atoms with Crippen molar-refractivity contribution in [1.82, 2.24) is 10.6 Å². The van der Waals surface area contributed by atoms with Gasteiger partial charge in [0.15, 0.2) is 4.84 Å². The average Bonchev–Trinajstić information content (AvgIpc) is 3.01. The molecule has 2 N–H and O–H groups in total. The Morgan fingerprint density at radius 3 is 2.65 bits per heavy atom. The van der Waals surface area contributed by atoms with Crippen LogP contribution in [0.25, 0.3) is 0 Å². The molecule has 0 spiro atoms. The summed E-state index contributed by atoms with van der Waals surface area (Å²) in [5, 5.41) is 5.40. The second kappa shape index (κ2) is 8.14. The Labute approximate surface area is 160 Å². The number of ether oxygens (including phenoxy) is 1. The van der Waals surface area contributed by atoms with Gasteiger partial charge in [-0.3, -0.25) is 14.5 Å². The molecule has 140 valence electrons. The fourth-order valence-electron chi connectivity index (χ4n) is 3.07. The summed E-state index contributed by atoms with van der Waals surface area (Å²) in [5.74, 6) is -0.147. The number of carbonyl (C=O) groups excluding carboxylic acids is 3. The predicted molar refractivity (Wildman–Crippen MR) is 97.5 cm³/mol. The second-order valence-electron chi connectivity index (χ2n) is 6.29. The quantitative estimate of drug-likeness (QED) is 0.740. The molecule has 3 amide bonds. The minimum atomic E-state index is -1.15. The van der Waals surface area contributed by atoms with Crippen molar-refractivity contribution >= 4 is 46.8 Å². The zero-order valence-corrected chi connectivity index (χ0v) is 15.4. The molecular weight excluding hydrogens is 381 g/mol. The minimum Gasteiger partial charge on any atom is -0.442 e. The lowest BCUT2D eigenvalue weighted by molar-refractivity contribution is -0.122. The third-order valence-electron chi connectivity index (χ3n) is 4.52. The van der Waals surface area contributed by atoms with E-state index < -0.39 is 22.9 Å². The van der Waals surface area contributed by atoms with Gasteiger partial charge in [-0.2, -0.15) is 0 Å². The minimum absolute atomic E-state index is 0.0884. The Hall–Kier alpha value is -1.99. The molecule has 2 fully saturated rings. The number of benzene rings is 1. The normalized spacial score (nSPS) is 23.0. The number of nitrogens with one attached hydrogen (secondary N) is 2. The molecule has 2 aliphatic rings. The number of hydrogen-bond donors (Lipinski definition) is 2. The Morgan fingerprint density at radius 2 is 2.04 bits per heavy atom. The van der Waals surface area contributed by atoms with Crippen LogP contribution in [0.3, 0.4) is 0 Å². The van der Waals surface area contributed by atoms with E-state index in [-0.39, 0.29) is 18.4 Å². The standard InChI is InChI=1S/C17H19Cl2N3O4/c18-15(19)16(24)21-8-13-9-22(17(25)26-13)12-4-1-10(2-5-12)11-3-6-14(23)20-7-11/h1-2,4-5,11,13,15H,3,6-9H2,(H,20,23)(H,21,24)/t11?,13-/m0/s1. The molecule has 3 rings (SSSR count). The van der Waals surface area contributed by atoms with Crippen LogP contribution in [-0.2, 0) is 14.3 Å². The van der Waals surface area contributed by atoms with Gasteiger partial charge in [-0.1, -0.05) is 35.3 Å². The van der Waals surface area contributed by atoms with Crippen molar-refractivity contribution in [2.24, 2.45) is 0 Å². The van der Waals surface area contributed by atoms with E-state index in [2.05, 4.69) is 10.6 Å². The fraction of sp³-hybridized carbons (Fsp3) is 0.471. The van der Waals surface area contributed by atoms with Gasteiger partial charge in [0.05, 0.1) is 13.1 Å². The maximum absolute atomic E-state index is 12.1. The lowest BCUT2D eigenvalue weighted by Crippen LogP contribution is -2.37. The van der Waals surface area contributed by atoms with Crippen molar-refractivity contribution in [1.29, 1.82) is 0 Å². The summed E-state index contributed by atoms with van der Waals surface area (Å²) < 4.78 is 5.26. The number of amides is 3. The molecule has 0 aromatic heterocycles. The molecule has 26 heavy (non-hydrogen) atoms. The summed E-state index contributed by atoms with van der Waals surface area (Å²) in [6.07, 6.45) is 0.423. The van der Waals surface area contributed by atoms with Crippen LogP contribution >= 0.6 is 23.2 Å². The van der Waals surface area contributed by atoms with Crippen LogP contribution < -0.4 is 15.5 Å². The lowest BCUT2D eigenvalue weighted by atomic mass is 9.91. The molecule has 9 heteroatoms. The van der Waals surface area contributed by atoms with Gasteiger partial charge in [-0.05, 0) is 24.1 Å². The van der Waals surface area contributed by atoms with Crippen LogP contribution in [0.5, 0.6) is 0 Å². The molecule has 0 aliphatic carbocycles. The van der Waals surface area contributed by atoms with E-state index in [1.165, 1.54) is 4.90 Å². The smallest absolute Gasteiger partial charge is 0.414 e. The van der Waals surface area contributed by atoms with Crippen LogP contribution in [0.15, 0.2) is 24.3 Å². The van der Waals surface area contributed by atoms with Crippen molar-refractivity contribution in [2.75, 3.05) is 24.5 Å². The van der Waals surface area contributed by atoms with E-state index in [0.717, 1.165) is 17.7 Å². The summed E-state index contributed by atoms with van der Waals surface area (Å²) in [4.78, 5) is 35.1. The zero-order chi connectivity index (χ0) is 18.7. The summed E-state index contributed by atoms with van der Waals surface area (Å²) in [6.45, 7) is 1.11. The SMILES string of the molecule is O=C1CCC(c2ccc(N3C[C@H](CNC(=O)C(Cl)Cl)OC3=O)cc2)CN1. The number of halogens is 2. The van der Waals surface area contributed by atoms with Crippen molar-refractivity contribution in [3.05, 3.63) is 29.8 Å². The third-order valence-corrected chi connectivity index (χ3v) is 4.91. The number of piperidine rings is 1. The van der Waals surface area contributed by atoms with Crippen LogP contribution in [0.2, 0.25) is 0 Å². The van der Waals surface area contributed by atoms with Gasteiger partial charge in [-0.25, -0.2) is 4.79 Å². The molecule has 2 saturated heterocycles. The van der Waals surface area contributed by atoms with Gasteiger partial charge in [0.1, 0.15) is 6.10 Å². The van der Waals surface area contributed by atoms with E-state index >= 15 is 0 Å². The van der Waals surface area contributed by atoms with Crippen molar-refractivity contribution in [2.45, 2.75) is 29.7 Å². The lowest BCUT2D eigenvalue weighted by Gasteiger charge is -2.23. The molecule has 0 bridgehead atoms. The molecule has 1 unspecified atom stereocenters. The van der Waals surface area contributed by atoms with Crippen LogP contribution in [0.4, 0.5) is 10.5 Å². The topological polar surface area (TPSA) is 87.7 Å². The average molecular weight is 400 g/mol. The summed E-state index contributed by atoms with van der Waals surface area (Å²) in [6, 6.07) is 7.65. The predicted octanol–water partition coefficient (Wildman–Crippen LogP) is 1.93. The maximum Gasteiger partial charge on any atom is 0.414 e. The number of anilines is 1. The Bertz CT molecular complexity index is 686. The van der Waals surface area contributed by atoms with Gasteiger partial charge in [0.2, 0.25) is 5.91 Å². The number of alkyl halides is 2. The van der Waals surface area contributed by atoms with Crippen molar-refractivity contribution < 1.29 is 19.1 Å². The summed E-state index contributed by atoms with van der Waals surface area (Å²) in [7, 11) is 0. The largest absolute Gasteiger partial charge is 0.442 e. The van der Waals surface area contributed by atoms with Gasteiger partial charge >= 0.3 is 6.09 Å². The molecule has 0 saturated carbocycles. The number of hydrogen-bond acceptors (Lipinski definition) is 4. The van der Waals surface area contributed by atoms with E-state index in [0.29, 0.717) is 19.5 Å². The molecule has 1 aromatic rings. The Morgan fingerprint density at radius 1 is 1.31 bits per heavy atom. The first-order chi connectivity index (χ1) is 12.4. The Balaban J connectivity index is 1.58. The molecule has 2 aliphatic heterocycles.